The van der Waals surface area contributed by atoms with E-state index in [0.29, 0.717) is 6.54 Å². The Morgan fingerprint density at radius 2 is 2.25 bits per heavy atom. The smallest absolute Gasteiger partial charge is 0.377 e. The minimum absolute atomic E-state index is 0.267. The van der Waals surface area contributed by atoms with Gasteiger partial charge in [0.15, 0.2) is 0 Å². The van der Waals surface area contributed by atoms with Gasteiger partial charge >= 0.3 is 6.18 Å². The van der Waals surface area contributed by atoms with E-state index in [-0.39, 0.29) is 6.04 Å². The van der Waals surface area contributed by atoms with Gasteiger partial charge in [0.05, 0.1) is 6.54 Å². The van der Waals surface area contributed by atoms with E-state index in [1.165, 1.54) is 6.21 Å². The van der Waals surface area contributed by atoms with Gasteiger partial charge in [-0.1, -0.05) is 0 Å². The third-order valence-corrected chi connectivity index (χ3v) is 1.43. The highest BCUT2D eigenvalue weighted by Gasteiger charge is 2.34. The first kappa shape index (κ1) is 9.09. The highest BCUT2D eigenvalue weighted by atomic mass is 19.4. The van der Waals surface area contributed by atoms with Crippen molar-refractivity contribution < 1.29 is 13.2 Å². The number of rotatable bonds is 0. The molecule has 1 unspecified atom stereocenters. The Morgan fingerprint density at radius 1 is 1.58 bits per heavy atom. The normalized spacial score (nSPS) is 24.3. The molecule has 0 aliphatic carbocycles. The fourth-order valence-corrected chi connectivity index (χ4v) is 0.882. The molecule has 0 radical (unpaired) electrons. The van der Waals surface area contributed by atoms with Crippen molar-refractivity contribution in [3.63, 3.8) is 0 Å². The van der Waals surface area contributed by atoms with Crippen LogP contribution in [0.5, 0.6) is 0 Å². The van der Waals surface area contributed by atoms with Crippen LogP contribution < -0.4 is 5.32 Å². The first-order valence-corrected chi connectivity index (χ1v) is 3.54. The van der Waals surface area contributed by atoms with Crippen LogP contribution in [0.2, 0.25) is 0 Å². The van der Waals surface area contributed by atoms with Crippen molar-refractivity contribution in [1.29, 1.82) is 0 Å². The summed E-state index contributed by atoms with van der Waals surface area (Å²) in [4.78, 5) is 3.75. The molecule has 12 heavy (non-hydrogen) atoms. The number of allylic oxidation sites excluding steroid dienone is 2. The molecule has 2 nitrogen and oxygen atoms in total. The number of aliphatic imine (C=N–C) groups is 1. The molecule has 1 aliphatic heterocycles. The number of alkyl halides is 3. The van der Waals surface area contributed by atoms with Crippen molar-refractivity contribution in [2.45, 2.75) is 19.1 Å². The topological polar surface area (TPSA) is 24.4 Å². The SMILES string of the molecule is CC1CN=CC=C(C(F)(F)F)N1. The Morgan fingerprint density at radius 3 is 2.83 bits per heavy atom. The average molecular weight is 178 g/mol. The summed E-state index contributed by atoms with van der Waals surface area (Å²) in [6.45, 7) is 2.03. The molecule has 1 N–H and O–H groups in total. The molecule has 0 aromatic heterocycles. The van der Waals surface area contributed by atoms with Crippen LogP contribution >= 0.6 is 0 Å². The zero-order valence-electron chi connectivity index (χ0n) is 6.52. The predicted molar refractivity (Wildman–Crippen MR) is 40.1 cm³/mol. The second kappa shape index (κ2) is 3.16. The highest BCUT2D eigenvalue weighted by molar-refractivity contribution is 5.72. The number of hydrogen-bond donors (Lipinski definition) is 1. The van der Waals surface area contributed by atoms with Crippen molar-refractivity contribution in [2.24, 2.45) is 4.99 Å². The number of hydrogen-bond acceptors (Lipinski definition) is 2. The second-order valence-electron chi connectivity index (χ2n) is 2.64. The van der Waals surface area contributed by atoms with E-state index in [4.69, 9.17) is 0 Å². The van der Waals surface area contributed by atoms with E-state index in [0.717, 1.165) is 6.08 Å². The lowest BCUT2D eigenvalue weighted by Gasteiger charge is -2.16. The summed E-state index contributed by atoms with van der Waals surface area (Å²) < 4.78 is 36.3. The summed E-state index contributed by atoms with van der Waals surface area (Å²) in [7, 11) is 0. The summed E-state index contributed by atoms with van der Waals surface area (Å²) in [6, 6.07) is -0.267. The zero-order chi connectivity index (χ0) is 9.19. The van der Waals surface area contributed by atoms with Crippen LogP contribution in [0.3, 0.4) is 0 Å². The predicted octanol–water partition coefficient (Wildman–Crippen LogP) is 1.50. The minimum atomic E-state index is -4.30. The van der Waals surface area contributed by atoms with Crippen LogP contribution in [0.4, 0.5) is 13.2 Å². The summed E-state index contributed by atoms with van der Waals surface area (Å²) in [5.74, 6) is 0. The lowest BCUT2D eigenvalue weighted by molar-refractivity contribution is -0.0972. The maximum Gasteiger partial charge on any atom is 0.430 e. The quantitative estimate of drug-likeness (QED) is 0.597. The van der Waals surface area contributed by atoms with Crippen molar-refractivity contribution in [3.05, 3.63) is 11.8 Å². The van der Waals surface area contributed by atoms with Crippen molar-refractivity contribution >= 4 is 6.21 Å². The van der Waals surface area contributed by atoms with Crippen molar-refractivity contribution in [2.75, 3.05) is 6.54 Å². The number of halogens is 3. The fourth-order valence-electron chi connectivity index (χ4n) is 0.882. The third-order valence-electron chi connectivity index (χ3n) is 1.43. The minimum Gasteiger partial charge on any atom is -0.377 e. The molecule has 1 heterocycles. The van der Waals surface area contributed by atoms with E-state index in [1.807, 2.05) is 0 Å². The summed E-state index contributed by atoms with van der Waals surface area (Å²) in [6.07, 6.45) is -2.17. The van der Waals surface area contributed by atoms with Gasteiger partial charge in [-0.05, 0) is 13.0 Å². The molecule has 0 aromatic carbocycles. The summed E-state index contributed by atoms with van der Waals surface area (Å²) in [5.41, 5.74) is -0.726. The molecule has 68 valence electrons. The van der Waals surface area contributed by atoms with Gasteiger partial charge in [0.2, 0.25) is 0 Å². The van der Waals surface area contributed by atoms with E-state index in [9.17, 15) is 13.2 Å². The molecule has 1 atom stereocenters. The lowest BCUT2D eigenvalue weighted by Crippen LogP contribution is -2.33. The molecular formula is C7H9F3N2. The van der Waals surface area contributed by atoms with Crippen molar-refractivity contribution in [1.82, 2.24) is 5.32 Å². The first-order valence-electron chi connectivity index (χ1n) is 3.54. The molecule has 0 saturated heterocycles. The fraction of sp³-hybridized carbons (Fsp3) is 0.571. The Kier molecular flexibility index (Phi) is 2.40. The molecule has 1 aliphatic rings. The van der Waals surface area contributed by atoms with Crippen molar-refractivity contribution in [3.8, 4) is 0 Å². The van der Waals surface area contributed by atoms with Gasteiger partial charge in [0, 0.05) is 12.3 Å². The standard InChI is InChI=1S/C7H9F3N2/c1-5-4-11-3-2-6(12-5)7(8,9)10/h2-3,5,12H,4H2,1H3. The van der Waals surface area contributed by atoms with Gasteiger partial charge in [0.1, 0.15) is 5.70 Å². The van der Waals surface area contributed by atoms with E-state index in [1.54, 1.807) is 6.92 Å². The molecule has 0 saturated carbocycles. The largest absolute Gasteiger partial charge is 0.430 e. The molecular weight excluding hydrogens is 169 g/mol. The van der Waals surface area contributed by atoms with Gasteiger partial charge in [0.25, 0.3) is 0 Å². The first-order chi connectivity index (χ1) is 5.50. The molecule has 0 aromatic rings. The third kappa shape index (κ3) is 2.25. The van der Waals surface area contributed by atoms with E-state index in [2.05, 4.69) is 10.3 Å². The monoisotopic (exact) mass is 178 g/mol. The van der Waals surface area contributed by atoms with Gasteiger partial charge in [-0.3, -0.25) is 4.99 Å². The number of nitrogens with one attached hydrogen (secondary N) is 1. The lowest BCUT2D eigenvalue weighted by atomic mass is 10.3. The maximum atomic E-state index is 12.1. The average Bonchev–Trinajstić information content (AvgIpc) is 2.11. The number of nitrogens with zero attached hydrogens (tertiary/aromatic N) is 1. The van der Waals surface area contributed by atoms with Crippen LogP contribution in [0.15, 0.2) is 16.8 Å². The molecule has 0 amide bonds. The molecule has 0 spiro atoms. The summed E-state index contributed by atoms with van der Waals surface area (Å²) >= 11 is 0. The van der Waals surface area contributed by atoms with Gasteiger partial charge in [-0.15, -0.1) is 0 Å². The van der Waals surface area contributed by atoms with Gasteiger partial charge in [-0.2, -0.15) is 13.2 Å². The summed E-state index contributed by atoms with van der Waals surface area (Å²) in [5, 5.41) is 2.33. The second-order valence-corrected chi connectivity index (χ2v) is 2.64. The van der Waals surface area contributed by atoms with Gasteiger partial charge < -0.3 is 5.32 Å². The molecule has 0 bridgehead atoms. The Labute approximate surface area is 68.2 Å². The Hall–Kier alpha value is -1.00. The van der Waals surface area contributed by atoms with Gasteiger partial charge in [-0.25, -0.2) is 0 Å². The van der Waals surface area contributed by atoms with Crippen LogP contribution in [0.25, 0.3) is 0 Å². The van der Waals surface area contributed by atoms with E-state index < -0.39 is 11.9 Å². The highest BCUT2D eigenvalue weighted by Crippen LogP contribution is 2.23. The van der Waals surface area contributed by atoms with Crippen LogP contribution in [0, 0.1) is 0 Å². The molecule has 1 rings (SSSR count). The van der Waals surface area contributed by atoms with Crippen LogP contribution in [-0.2, 0) is 0 Å². The Bertz CT molecular complexity index is 217. The van der Waals surface area contributed by atoms with Crippen LogP contribution in [0.1, 0.15) is 6.92 Å². The maximum absolute atomic E-state index is 12.1. The van der Waals surface area contributed by atoms with E-state index >= 15 is 0 Å². The zero-order valence-corrected chi connectivity index (χ0v) is 6.52. The van der Waals surface area contributed by atoms with Crippen LogP contribution in [-0.4, -0.2) is 25.0 Å². The molecule has 5 heteroatoms. The Balaban J connectivity index is 2.77. The molecule has 0 fully saturated rings.